The van der Waals surface area contributed by atoms with E-state index in [2.05, 4.69) is 22.2 Å². The Morgan fingerprint density at radius 2 is 1.79 bits per heavy atom. The van der Waals surface area contributed by atoms with Crippen LogP contribution in [0.5, 0.6) is 0 Å². The van der Waals surface area contributed by atoms with Gasteiger partial charge in [0.05, 0.1) is 18.8 Å². The van der Waals surface area contributed by atoms with E-state index in [1.807, 2.05) is 47.4 Å². The van der Waals surface area contributed by atoms with Crippen molar-refractivity contribution in [3.8, 4) is 12.1 Å². The van der Waals surface area contributed by atoms with Crippen LogP contribution in [0.15, 0.2) is 30.3 Å². The second kappa shape index (κ2) is 9.41. The first kappa shape index (κ1) is 17.6. The molecule has 122 valence electrons. The fourth-order valence-corrected chi connectivity index (χ4v) is 2.36. The zero-order valence-corrected chi connectivity index (χ0v) is 14.0. The number of aromatic nitrogens is 3. The summed E-state index contributed by atoms with van der Waals surface area (Å²) in [5, 5.41) is 20.6. The molecule has 0 spiro atoms. The SMILES string of the molecule is N#CCCN(CCC#N)Cn1[nH]c(/C=C/c2ccccc2)nc1=S. The topological polar surface area (TPSA) is 84.4 Å². The zero-order chi connectivity index (χ0) is 17.2. The average molecular weight is 338 g/mol. The van der Waals surface area contributed by atoms with Gasteiger partial charge >= 0.3 is 0 Å². The summed E-state index contributed by atoms with van der Waals surface area (Å²) >= 11 is 5.28. The van der Waals surface area contributed by atoms with Crippen molar-refractivity contribution in [2.45, 2.75) is 19.5 Å². The number of nitriles is 2. The van der Waals surface area contributed by atoms with Crippen LogP contribution in [-0.2, 0) is 6.67 Å². The Morgan fingerprint density at radius 1 is 1.12 bits per heavy atom. The number of benzene rings is 1. The molecule has 0 fully saturated rings. The Labute approximate surface area is 146 Å². The monoisotopic (exact) mass is 338 g/mol. The lowest BCUT2D eigenvalue weighted by Gasteiger charge is -2.19. The molecule has 1 aromatic carbocycles. The van der Waals surface area contributed by atoms with E-state index in [1.54, 1.807) is 4.68 Å². The second-order valence-corrected chi connectivity index (χ2v) is 5.50. The smallest absolute Gasteiger partial charge is 0.217 e. The quantitative estimate of drug-likeness (QED) is 0.747. The van der Waals surface area contributed by atoms with Gasteiger partial charge in [0.2, 0.25) is 4.77 Å². The second-order valence-electron chi connectivity index (χ2n) is 5.14. The van der Waals surface area contributed by atoms with Gasteiger partial charge in [-0.15, -0.1) is 0 Å². The van der Waals surface area contributed by atoms with Crippen molar-refractivity contribution >= 4 is 24.4 Å². The molecular weight excluding hydrogens is 320 g/mol. The van der Waals surface area contributed by atoms with Gasteiger partial charge in [-0.05, 0) is 23.9 Å². The fraction of sp³-hybridized carbons (Fsp3) is 0.294. The van der Waals surface area contributed by atoms with Gasteiger partial charge in [0.15, 0.2) is 0 Å². The molecule has 0 atom stereocenters. The number of aromatic amines is 1. The zero-order valence-electron chi connectivity index (χ0n) is 13.2. The molecule has 0 aliphatic carbocycles. The van der Waals surface area contributed by atoms with Crippen LogP contribution in [0.2, 0.25) is 0 Å². The molecule has 0 saturated carbocycles. The van der Waals surface area contributed by atoms with Gasteiger partial charge in [-0.2, -0.15) is 15.5 Å². The van der Waals surface area contributed by atoms with E-state index in [0.717, 1.165) is 5.56 Å². The van der Waals surface area contributed by atoms with Crippen LogP contribution in [0.3, 0.4) is 0 Å². The van der Waals surface area contributed by atoms with Crippen LogP contribution < -0.4 is 0 Å². The van der Waals surface area contributed by atoms with Crippen LogP contribution >= 0.6 is 12.2 Å². The highest BCUT2D eigenvalue weighted by Crippen LogP contribution is 2.06. The van der Waals surface area contributed by atoms with Crippen LogP contribution in [0, 0.1) is 27.4 Å². The Morgan fingerprint density at radius 3 is 2.42 bits per heavy atom. The van der Waals surface area contributed by atoms with E-state index in [0.29, 0.717) is 43.2 Å². The molecule has 0 aliphatic heterocycles. The van der Waals surface area contributed by atoms with Gasteiger partial charge in [-0.3, -0.25) is 10.00 Å². The highest BCUT2D eigenvalue weighted by molar-refractivity contribution is 7.71. The summed E-state index contributed by atoms with van der Waals surface area (Å²) in [6, 6.07) is 14.2. The molecule has 6 nitrogen and oxygen atoms in total. The lowest BCUT2D eigenvalue weighted by molar-refractivity contribution is 0.214. The molecule has 0 bridgehead atoms. The Hall–Kier alpha value is -2.74. The molecule has 1 N–H and O–H groups in total. The molecule has 2 aromatic rings. The third-order valence-electron chi connectivity index (χ3n) is 3.35. The number of nitrogens with one attached hydrogen (secondary N) is 1. The highest BCUT2D eigenvalue weighted by atomic mass is 32.1. The van der Waals surface area contributed by atoms with Crippen LogP contribution in [0.1, 0.15) is 24.2 Å². The summed E-state index contributed by atoms with van der Waals surface area (Å²) < 4.78 is 2.19. The molecule has 0 aliphatic rings. The van der Waals surface area contributed by atoms with Crippen molar-refractivity contribution in [1.29, 1.82) is 10.5 Å². The first-order chi connectivity index (χ1) is 11.7. The fourth-order valence-electron chi connectivity index (χ4n) is 2.15. The minimum atomic E-state index is 0.410. The number of rotatable bonds is 8. The molecule has 7 heteroatoms. The summed E-state index contributed by atoms with van der Waals surface area (Å²) in [6.07, 6.45) is 4.65. The molecule has 0 unspecified atom stereocenters. The minimum Gasteiger partial charge on any atom is -0.282 e. The normalized spacial score (nSPS) is 10.8. The lowest BCUT2D eigenvalue weighted by Crippen LogP contribution is -2.29. The molecular formula is C17H18N6S. The summed E-state index contributed by atoms with van der Waals surface area (Å²) in [5.41, 5.74) is 1.08. The van der Waals surface area contributed by atoms with Crippen molar-refractivity contribution in [3.63, 3.8) is 0 Å². The highest BCUT2D eigenvalue weighted by Gasteiger charge is 2.07. The maximum absolute atomic E-state index is 8.75. The summed E-state index contributed by atoms with van der Waals surface area (Å²) in [7, 11) is 0. The largest absolute Gasteiger partial charge is 0.282 e. The summed E-state index contributed by atoms with van der Waals surface area (Å²) in [6.45, 7) is 1.66. The van der Waals surface area contributed by atoms with Gasteiger partial charge in [0, 0.05) is 25.9 Å². The number of hydrogen-bond acceptors (Lipinski definition) is 5. The van der Waals surface area contributed by atoms with Crippen molar-refractivity contribution in [2.75, 3.05) is 13.1 Å². The number of H-pyrrole nitrogens is 1. The van der Waals surface area contributed by atoms with Gasteiger partial charge < -0.3 is 0 Å². The Kier molecular flexibility index (Phi) is 6.91. The van der Waals surface area contributed by atoms with Gasteiger partial charge in [0.1, 0.15) is 5.82 Å². The molecule has 1 aromatic heterocycles. The molecule has 0 amide bonds. The average Bonchev–Trinajstić information content (AvgIpc) is 2.96. The predicted molar refractivity (Wildman–Crippen MR) is 94.8 cm³/mol. The standard InChI is InChI=1S/C17H18N6S/c18-10-4-12-22(13-5-11-19)14-23-17(24)20-16(21-23)9-8-15-6-2-1-3-7-15/h1-3,6-9H,4-5,12-14H2,(H,20,21,24)/b9-8+. The van der Waals surface area contributed by atoms with E-state index in [4.69, 9.17) is 22.7 Å². The van der Waals surface area contributed by atoms with E-state index < -0.39 is 0 Å². The van der Waals surface area contributed by atoms with E-state index in [9.17, 15) is 0 Å². The maximum Gasteiger partial charge on any atom is 0.217 e. The minimum absolute atomic E-state index is 0.410. The summed E-state index contributed by atoms with van der Waals surface area (Å²) in [4.78, 5) is 6.32. The number of hydrogen-bond donors (Lipinski definition) is 1. The first-order valence-electron chi connectivity index (χ1n) is 7.59. The van der Waals surface area contributed by atoms with Crippen molar-refractivity contribution in [1.82, 2.24) is 19.7 Å². The molecule has 0 saturated heterocycles. The van der Waals surface area contributed by atoms with E-state index in [-0.39, 0.29) is 0 Å². The van der Waals surface area contributed by atoms with Crippen LogP contribution in [-0.4, -0.2) is 32.8 Å². The Bertz CT molecular complexity index is 788. The molecule has 24 heavy (non-hydrogen) atoms. The lowest BCUT2D eigenvalue weighted by atomic mass is 10.2. The molecule has 2 rings (SSSR count). The van der Waals surface area contributed by atoms with E-state index in [1.165, 1.54) is 0 Å². The third-order valence-corrected chi connectivity index (χ3v) is 3.66. The van der Waals surface area contributed by atoms with Crippen molar-refractivity contribution in [2.24, 2.45) is 0 Å². The van der Waals surface area contributed by atoms with Gasteiger partial charge in [-0.25, -0.2) is 4.68 Å². The first-order valence-corrected chi connectivity index (χ1v) is 8.00. The van der Waals surface area contributed by atoms with Crippen molar-refractivity contribution in [3.05, 3.63) is 46.5 Å². The molecule has 0 radical (unpaired) electrons. The third kappa shape index (κ3) is 5.47. The Balaban J connectivity index is 2.07. The van der Waals surface area contributed by atoms with Crippen LogP contribution in [0.4, 0.5) is 0 Å². The number of nitrogens with zero attached hydrogens (tertiary/aromatic N) is 5. The molecule has 1 heterocycles. The maximum atomic E-state index is 8.75. The predicted octanol–water partition coefficient (Wildman–Crippen LogP) is 3.20. The summed E-state index contributed by atoms with van der Waals surface area (Å²) in [5.74, 6) is 0.671. The van der Waals surface area contributed by atoms with E-state index >= 15 is 0 Å². The van der Waals surface area contributed by atoms with Gasteiger partial charge in [-0.1, -0.05) is 36.4 Å². The van der Waals surface area contributed by atoms with Crippen molar-refractivity contribution < 1.29 is 0 Å². The van der Waals surface area contributed by atoms with Crippen LogP contribution in [0.25, 0.3) is 12.2 Å². The van der Waals surface area contributed by atoms with Gasteiger partial charge in [0.25, 0.3) is 0 Å².